The van der Waals surface area contributed by atoms with Crippen LogP contribution in [0.25, 0.3) is 5.70 Å². The highest BCUT2D eigenvalue weighted by Gasteiger charge is 2.02. The quantitative estimate of drug-likeness (QED) is 0.653. The lowest BCUT2D eigenvalue weighted by Gasteiger charge is -1.86. The lowest BCUT2D eigenvalue weighted by Crippen LogP contribution is -1.90. The van der Waals surface area contributed by atoms with Crippen molar-refractivity contribution in [2.24, 2.45) is 5.73 Å². The van der Waals surface area contributed by atoms with Gasteiger partial charge in [-0.15, -0.1) is 0 Å². The highest BCUT2D eigenvalue weighted by Crippen LogP contribution is 2.13. The summed E-state index contributed by atoms with van der Waals surface area (Å²) in [6.45, 7) is 3.46. The summed E-state index contributed by atoms with van der Waals surface area (Å²) >= 11 is 0. The molecule has 54 valence electrons. The highest BCUT2D eigenvalue weighted by atomic mass is 16.5. The van der Waals surface area contributed by atoms with Gasteiger partial charge in [-0.1, -0.05) is 6.58 Å². The van der Waals surface area contributed by atoms with Gasteiger partial charge in [0.25, 0.3) is 5.88 Å². The summed E-state index contributed by atoms with van der Waals surface area (Å²) in [5.41, 5.74) is 5.64. The number of aromatic nitrogens is 1. The predicted octanol–water partition coefficient (Wildman–Crippen LogP) is 0.613. The summed E-state index contributed by atoms with van der Waals surface area (Å²) in [6.07, 6.45) is 0. The number of ether oxygens (including phenoxy) is 1. The van der Waals surface area contributed by atoms with Gasteiger partial charge in [-0.3, -0.25) is 0 Å². The molecular weight excluding hydrogens is 132 g/mol. The topological polar surface area (TPSA) is 61.3 Å². The Balaban J connectivity index is 2.88. The van der Waals surface area contributed by atoms with Crippen molar-refractivity contribution in [1.29, 1.82) is 0 Å². The van der Waals surface area contributed by atoms with Gasteiger partial charge in [-0.25, -0.2) is 0 Å². The fraction of sp³-hybridized carbons (Fsp3) is 0.167. The molecule has 0 aromatic carbocycles. The number of nitrogens with zero attached hydrogens (tertiary/aromatic N) is 1. The molecule has 1 heterocycles. The van der Waals surface area contributed by atoms with Crippen LogP contribution in [-0.2, 0) is 0 Å². The summed E-state index contributed by atoms with van der Waals surface area (Å²) in [4.78, 5) is 0. The van der Waals surface area contributed by atoms with Crippen molar-refractivity contribution in [2.75, 3.05) is 7.11 Å². The van der Waals surface area contributed by atoms with Gasteiger partial charge in [-0.2, -0.15) is 0 Å². The van der Waals surface area contributed by atoms with Gasteiger partial charge in [-0.05, 0) is 5.16 Å². The monoisotopic (exact) mass is 140 g/mol. The average Bonchev–Trinajstić information content (AvgIpc) is 2.34. The minimum Gasteiger partial charge on any atom is -0.479 e. The van der Waals surface area contributed by atoms with Gasteiger partial charge >= 0.3 is 0 Å². The van der Waals surface area contributed by atoms with E-state index in [9.17, 15) is 0 Å². The van der Waals surface area contributed by atoms with E-state index in [0.717, 1.165) is 0 Å². The second-order valence-corrected chi connectivity index (χ2v) is 1.76. The maximum atomic E-state index is 5.30. The van der Waals surface area contributed by atoms with Gasteiger partial charge in [0.15, 0.2) is 5.76 Å². The molecule has 0 aliphatic carbocycles. The summed E-state index contributed by atoms with van der Waals surface area (Å²) in [5, 5.41) is 3.52. The first-order valence-electron chi connectivity index (χ1n) is 2.69. The SMILES string of the molecule is C=C(N)c1cc(OC)no1. The Labute approximate surface area is 58.3 Å². The number of nitrogens with two attached hydrogens (primary N) is 1. The van der Waals surface area contributed by atoms with E-state index in [0.29, 0.717) is 17.3 Å². The maximum absolute atomic E-state index is 5.30. The second-order valence-electron chi connectivity index (χ2n) is 1.76. The predicted molar refractivity (Wildman–Crippen MR) is 36.3 cm³/mol. The summed E-state index contributed by atoms with van der Waals surface area (Å²) in [7, 11) is 1.50. The molecule has 0 bridgehead atoms. The summed E-state index contributed by atoms with van der Waals surface area (Å²) in [5.74, 6) is 0.846. The molecule has 0 radical (unpaired) electrons. The molecule has 0 amide bonds. The molecule has 0 saturated heterocycles. The van der Waals surface area contributed by atoms with E-state index in [4.69, 9.17) is 15.0 Å². The van der Waals surface area contributed by atoms with E-state index in [1.165, 1.54) is 7.11 Å². The molecule has 0 fully saturated rings. The van der Waals surface area contributed by atoms with E-state index < -0.39 is 0 Å². The first-order valence-corrected chi connectivity index (χ1v) is 2.69. The Morgan fingerprint density at radius 3 is 2.90 bits per heavy atom. The van der Waals surface area contributed by atoms with Crippen molar-refractivity contribution in [1.82, 2.24) is 5.16 Å². The van der Waals surface area contributed by atoms with Crippen molar-refractivity contribution < 1.29 is 9.26 Å². The lowest BCUT2D eigenvalue weighted by molar-refractivity contribution is 0.336. The Morgan fingerprint density at radius 1 is 1.90 bits per heavy atom. The molecule has 4 heteroatoms. The molecule has 0 unspecified atom stereocenters. The number of hydrogen-bond acceptors (Lipinski definition) is 4. The van der Waals surface area contributed by atoms with Crippen LogP contribution in [0.15, 0.2) is 17.2 Å². The zero-order valence-corrected chi connectivity index (χ0v) is 5.63. The fourth-order valence-electron chi connectivity index (χ4n) is 0.507. The van der Waals surface area contributed by atoms with E-state index in [2.05, 4.69) is 11.7 Å². The first kappa shape index (κ1) is 6.67. The fourth-order valence-corrected chi connectivity index (χ4v) is 0.507. The molecule has 0 aliphatic rings. The number of hydrogen-bond donors (Lipinski definition) is 1. The molecule has 1 aromatic heterocycles. The van der Waals surface area contributed by atoms with Crippen LogP contribution in [0.5, 0.6) is 5.88 Å². The molecule has 4 nitrogen and oxygen atoms in total. The first-order chi connectivity index (χ1) is 4.74. The number of rotatable bonds is 2. The molecule has 0 spiro atoms. The zero-order chi connectivity index (χ0) is 7.56. The summed E-state index contributed by atoms with van der Waals surface area (Å²) in [6, 6.07) is 1.57. The minimum absolute atomic E-state index is 0.343. The van der Waals surface area contributed by atoms with Crippen LogP contribution in [0.4, 0.5) is 0 Å². The van der Waals surface area contributed by atoms with Gasteiger partial charge in [0.1, 0.15) is 0 Å². The molecule has 1 aromatic rings. The molecular formula is C6H8N2O2. The Morgan fingerprint density at radius 2 is 2.60 bits per heavy atom. The van der Waals surface area contributed by atoms with Crippen LogP contribution in [0.3, 0.4) is 0 Å². The van der Waals surface area contributed by atoms with E-state index in [1.54, 1.807) is 6.07 Å². The second kappa shape index (κ2) is 2.43. The van der Waals surface area contributed by atoms with Gasteiger partial charge in [0, 0.05) is 0 Å². The van der Waals surface area contributed by atoms with Crippen LogP contribution in [0.2, 0.25) is 0 Å². The van der Waals surface area contributed by atoms with Crippen molar-refractivity contribution in [3.8, 4) is 5.88 Å². The largest absolute Gasteiger partial charge is 0.479 e. The van der Waals surface area contributed by atoms with Crippen molar-refractivity contribution in [3.63, 3.8) is 0 Å². The smallest absolute Gasteiger partial charge is 0.254 e. The van der Waals surface area contributed by atoms with Crippen LogP contribution in [0.1, 0.15) is 5.76 Å². The molecule has 0 saturated carbocycles. The molecule has 10 heavy (non-hydrogen) atoms. The maximum Gasteiger partial charge on any atom is 0.254 e. The minimum atomic E-state index is 0.343. The Kier molecular flexibility index (Phi) is 1.62. The average molecular weight is 140 g/mol. The summed E-state index contributed by atoms with van der Waals surface area (Å²) < 4.78 is 9.46. The van der Waals surface area contributed by atoms with Gasteiger partial charge < -0.3 is 15.0 Å². The Hall–Kier alpha value is -1.45. The number of methoxy groups -OCH3 is 1. The van der Waals surface area contributed by atoms with E-state index in [-0.39, 0.29) is 0 Å². The standard InChI is InChI=1S/C6H8N2O2/c1-4(7)5-3-6(9-2)8-10-5/h3H,1,7H2,2H3. The van der Waals surface area contributed by atoms with E-state index >= 15 is 0 Å². The third kappa shape index (κ3) is 1.10. The Bertz CT molecular complexity index is 242. The normalized spacial score (nSPS) is 9.30. The van der Waals surface area contributed by atoms with E-state index in [1.807, 2.05) is 0 Å². The van der Waals surface area contributed by atoms with Crippen LogP contribution in [0, 0.1) is 0 Å². The lowest BCUT2D eigenvalue weighted by atomic mass is 10.4. The molecule has 0 atom stereocenters. The zero-order valence-electron chi connectivity index (χ0n) is 5.63. The van der Waals surface area contributed by atoms with Crippen molar-refractivity contribution in [2.45, 2.75) is 0 Å². The third-order valence-electron chi connectivity index (χ3n) is 1.01. The third-order valence-corrected chi connectivity index (χ3v) is 1.01. The van der Waals surface area contributed by atoms with Crippen molar-refractivity contribution in [3.05, 3.63) is 18.4 Å². The highest BCUT2D eigenvalue weighted by molar-refractivity contribution is 5.55. The van der Waals surface area contributed by atoms with Crippen LogP contribution >= 0.6 is 0 Å². The van der Waals surface area contributed by atoms with Gasteiger partial charge in [0.05, 0.1) is 18.9 Å². The van der Waals surface area contributed by atoms with Crippen molar-refractivity contribution >= 4 is 5.70 Å². The van der Waals surface area contributed by atoms with Gasteiger partial charge in [0.2, 0.25) is 0 Å². The molecule has 0 aliphatic heterocycles. The van der Waals surface area contributed by atoms with Crippen LogP contribution < -0.4 is 10.5 Å². The molecule has 2 N–H and O–H groups in total. The van der Waals surface area contributed by atoms with Crippen LogP contribution in [-0.4, -0.2) is 12.3 Å². The molecule has 1 rings (SSSR count).